The fraction of sp³-hybridized carbons (Fsp3) is 0.190. The van der Waals surface area contributed by atoms with Crippen LogP contribution in [-0.4, -0.2) is 38.2 Å². The minimum Gasteiger partial charge on any atom is -0.493 e. The maximum Gasteiger partial charge on any atom is 0.340 e. The molecule has 2 heterocycles. The number of amides is 1. The number of esters is 1. The van der Waals surface area contributed by atoms with Crippen LogP contribution in [0.2, 0.25) is 0 Å². The molecule has 1 aromatic carbocycles. The highest BCUT2D eigenvalue weighted by atomic mass is 16.5. The summed E-state index contributed by atoms with van der Waals surface area (Å²) >= 11 is 0. The molecule has 0 N–H and O–H groups in total. The van der Waals surface area contributed by atoms with Crippen LogP contribution in [-0.2, 0) is 14.3 Å². The molecule has 1 aliphatic heterocycles. The summed E-state index contributed by atoms with van der Waals surface area (Å²) in [6.45, 7) is 1.69. The Kier molecular flexibility index (Phi) is 5.44. The van der Waals surface area contributed by atoms with E-state index in [1.165, 1.54) is 26.2 Å². The van der Waals surface area contributed by atoms with E-state index in [9.17, 15) is 9.59 Å². The molecule has 0 spiro atoms. The van der Waals surface area contributed by atoms with Gasteiger partial charge in [0, 0.05) is 18.0 Å². The SMILES string of the molecule is COC(=O)C1=C(C)N(c2ccc(OC)c(OC)c2)C(=O)/C1=C\c1ccccn1. The largest absolute Gasteiger partial charge is 0.493 e. The number of aromatic nitrogens is 1. The molecule has 28 heavy (non-hydrogen) atoms. The summed E-state index contributed by atoms with van der Waals surface area (Å²) < 4.78 is 15.5. The van der Waals surface area contributed by atoms with Gasteiger partial charge in [0.25, 0.3) is 5.91 Å². The van der Waals surface area contributed by atoms with E-state index in [2.05, 4.69) is 4.98 Å². The molecule has 144 valence electrons. The lowest BCUT2D eigenvalue weighted by molar-refractivity contribution is -0.136. The number of hydrogen-bond acceptors (Lipinski definition) is 6. The first-order valence-electron chi connectivity index (χ1n) is 8.50. The van der Waals surface area contributed by atoms with Gasteiger partial charge in [-0.2, -0.15) is 0 Å². The summed E-state index contributed by atoms with van der Waals surface area (Å²) in [5, 5.41) is 0. The van der Waals surface area contributed by atoms with Crippen LogP contribution < -0.4 is 14.4 Å². The highest BCUT2D eigenvalue weighted by molar-refractivity contribution is 6.23. The molecule has 1 aliphatic rings. The zero-order chi connectivity index (χ0) is 20.3. The minimum absolute atomic E-state index is 0.202. The van der Waals surface area contributed by atoms with Crippen molar-refractivity contribution in [3.63, 3.8) is 0 Å². The first-order chi connectivity index (χ1) is 13.5. The Morgan fingerprint density at radius 2 is 1.82 bits per heavy atom. The highest BCUT2D eigenvalue weighted by Gasteiger charge is 2.38. The summed E-state index contributed by atoms with van der Waals surface area (Å²) in [6, 6.07) is 10.4. The molecule has 0 fully saturated rings. The third kappa shape index (κ3) is 3.34. The number of allylic oxidation sites excluding steroid dienone is 1. The van der Waals surface area contributed by atoms with Gasteiger partial charge in [0.1, 0.15) is 0 Å². The van der Waals surface area contributed by atoms with E-state index in [1.807, 2.05) is 0 Å². The van der Waals surface area contributed by atoms with Crippen molar-refractivity contribution in [1.82, 2.24) is 4.98 Å². The molecule has 0 atom stereocenters. The smallest absolute Gasteiger partial charge is 0.340 e. The molecule has 0 saturated carbocycles. The number of nitrogens with zero attached hydrogens (tertiary/aromatic N) is 2. The Hall–Kier alpha value is -3.61. The number of hydrogen-bond donors (Lipinski definition) is 0. The second-order valence-electron chi connectivity index (χ2n) is 5.94. The van der Waals surface area contributed by atoms with Crippen molar-refractivity contribution in [3.05, 3.63) is 65.1 Å². The van der Waals surface area contributed by atoms with Crippen LogP contribution in [0, 0.1) is 0 Å². The van der Waals surface area contributed by atoms with Crippen molar-refractivity contribution >= 4 is 23.6 Å². The summed E-state index contributed by atoms with van der Waals surface area (Å²) in [7, 11) is 4.33. The minimum atomic E-state index is -0.587. The highest BCUT2D eigenvalue weighted by Crippen LogP contribution is 2.38. The molecule has 0 aliphatic carbocycles. The molecule has 1 amide bonds. The lowest BCUT2D eigenvalue weighted by Crippen LogP contribution is -2.24. The molecule has 0 saturated heterocycles. The van der Waals surface area contributed by atoms with Crippen LogP contribution in [0.15, 0.2) is 59.4 Å². The normalized spacial score (nSPS) is 15.2. The van der Waals surface area contributed by atoms with Gasteiger partial charge in [-0.05, 0) is 37.3 Å². The predicted octanol–water partition coefficient (Wildman–Crippen LogP) is 2.98. The van der Waals surface area contributed by atoms with Gasteiger partial charge >= 0.3 is 5.97 Å². The second-order valence-corrected chi connectivity index (χ2v) is 5.94. The average molecular weight is 380 g/mol. The van der Waals surface area contributed by atoms with E-state index in [-0.39, 0.29) is 17.1 Å². The van der Waals surface area contributed by atoms with E-state index < -0.39 is 5.97 Å². The molecular weight excluding hydrogens is 360 g/mol. The number of pyridine rings is 1. The van der Waals surface area contributed by atoms with Crippen LogP contribution in [0.4, 0.5) is 5.69 Å². The Labute approximate surface area is 162 Å². The zero-order valence-corrected chi connectivity index (χ0v) is 16.1. The van der Waals surface area contributed by atoms with Crippen LogP contribution in [0.1, 0.15) is 12.6 Å². The van der Waals surface area contributed by atoms with Gasteiger partial charge in [-0.3, -0.25) is 14.7 Å². The number of anilines is 1. The zero-order valence-electron chi connectivity index (χ0n) is 16.1. The number of carbonyl (C=O) groups excluding carboxylic acids is 2. The van der Waals surface area contributed by atoms with Crippen molar-refractivity contribution in [2.24, 2.45) is 0 Å². The monoisotopic (exact) mass is 380 g/mol. The number of benzene rings is 1. The van der Waals surface area contributed by atoms with Crippen LogP contribution in [0.3, 0.4) is 0 Å². The van der Waals surface area contributed by atoms with Crippen LogP contribution in [0.25, 0.3) is 6.08 Å². The molecule has 3 rings (SSSR count). The van der Waals surface area contributed by atoms with Gasteiger partial charge < -0.3 is 14.2 Å². The van der Waals surface area contributed by atoms with E-state index in [0.29, 0.717) is 28.6 Å². The Bertz CT molecular complexity index is 980. The van der Waals surface area contributed by atoms with Gasteiger partial charge in [0.15, 0.2) is 11.5 Å². The van der Waals surface area contributed by atoms with Crippen molar-refractivity contribution in [2.75, 3.05) is 26.2 Å². The Morgan fingerprint density at radius 3 is 2.43 bits per heavy atom. The molecule has 0 radical (unpaired) electrons. The third-order valence-corrected chi connectivity index (χ3v) is 4.39. The number of methoxy groups -OCH3 is 3. The van der Waals surface area contributed by atoms with Gasteiger partial charge in [-0.25, -0.2) is 4.79 Å². The summed E-state index contributed by atoms with van der Waals surface area (Å²) in [6.07, 6.45) is 3.20. The lowest BCUT2D eigenvalue weighted by Gasteiger charge is -2.19. The topological polar surface area (TPSA) is 78.0 Å². The Morgan fingerprint density at radius 1 is 1.07 bits per heavy atom. The third-order valence-electron chi connectivity index (χ3n) is 4.39. The van der Waals surface area contributed by atoms with E-state index in [1.54, 1.807) is 55.6 Å². The molecule has 0 bridgehead atoms. The van der Waals surface area contributed by atoms with Crippen molar-refractivity contribution in [3.8, 4) is 11.5 Å². The fourth-order valence-corrected chi connectivity index (χ4v) is 3.06. The number of carbonyl (C=O) groups is 2. The summed E-state index contributed by atoms with van der Waals surface area (Å²) in [4.78, 5) is 31.3. The van der Waals surface area contributed by atoms with Gasteiger partial charge in [0.2, 0.25) is 0 Å². The van der Waals surface area contributed by atoms with E-state index in [0.717, 1.165) is 0 Å². The van der Waals surface area contributed by atoms with E-state index >= 15 is 0 Å². The summed E-state index contributed by atoms with van der Waals surface area (Å²) in [5.41, 5.74) is 2.00. The Balaban J connectivity index is 2.13. The first kappa shape index (κ1) is 19.2. The molecule has 7 nitrogen and oxygen atoms in total. The second kappa shape index (κ2) is 7.96. The molecule has 2 aromatic rings. The molecule has 7 heteroatoms. The molecule has 0 unspecified atom stereocenters. The quantitative estimate of drug-likeness (QED) is 0.586. The molecule has 1 aromatic heterocycles. The van der Waals surface area contributed by atoms with Gasteiger partial charge in [-0.15, -0.1) is 0 Å². The summed E-state index contributed by atoms with van der Waals surface area (Å²) in [5.74, 6) is 0.0751. The van der Waals surface area contributed by atoms with Crippen molar-refractivity contribution < 1.29 is 23.8 Å². The fourth-order valence-electron chi connectivity index (χ4n) is 3.06. The maximum absolute atomic E-state index is 13.2. The number of ether oxygens (including phenoxy) is 3. The molecular formula is C21H20N2O5. The van der Waals surface area contributed by atoms with Gasteiger partial charge in [0.05, 0.1) is 43.9 Å². The van der Waals surface area contributed by atoms with Crippen LogP contribution >= 0.6 is 0 Å². The average Bonchev–Trinajstić information content (AvgIpc) is 2.97. The number of rotatable bonds is 5. The maximum atomic E-state index is 13.2. The standard InChI is InChI=1S/C21H20N2O5/c1-13-19(21(25)28-4)16(11-14-7-5-6-10-22-14)20(24)23(13)15-8-9-17(26-2)18(12-15)27-3/h5-12H,1-4H3/b16-11-. The first-order valence-corrected chi connectivity index (χ1v) is 8.50. The van der Waals surface area contributed by atoms with Crippen LogP contribution in [0.5, 0.6) is 11.5 Å². The van der Waals surface area contributed by atoms with Crippen molar-refractivity contribution in [2.45, 2.75) is 6.92 Å². The van der Waals surface area contributed by atoms with E-state index in [4.69, 9.17) is 14.2 Å². The predicted molar refractivity (Wildman–Crippen MR) is 104 cm³/mol. The lowest BCUT2D eigenvalue weighted by atomic mass is 10.1. The van der Waals surface area contributed by atoms with Crippen molar-refractivity contribution in [1.29, 1.82) is 0 Å². The van der Waals surface area contributed by atoms with Gasteiger partial charge in [-0.1, -0.05) is 6.07 Å².